The predicted octanol–water partition coefficient (Wildman–Crippen LogP) is 4.80. The van der Waals surface area contributed by atoms with E-state index in [1.54, 1.807) is 12.5 Å². The zero-order chi connectivity index (χ0) is 23.1. The molecule has 6 nitrogen and oxygen atoms in total. The Kier molecular flexibility index (Phi) is 5.56. The van der Waals surface area contributed by atoms with Crippen LogP contribution in [0, 0.1) is 0 Å². The van der Waals surface area contributed by atoms with Crippen molar-refractivity contribution in [3.05, 3.63) is 82.5 Å². The van der Waals surface area contributed by atoms with Crippen molar-refractivity contribution in [1.82, 2.24) is 9.71 Å². The zero-order valence-electron chi connectivity index (χ0n) is 18.5. The molecule has 2 aromatic carbocycles. The molecule has 0 saturated carbocycles. The van der Waals surface area contributed by atoms with Crippen LogP contribution in [-0.2, 0) is 22.0 Å². The van der Waals surface area contributed by atoms with Crippen molar-refractivity contribution >= 4 is 21.0 Å². The van der Waals surface area contributed by atoms with Gasteiger partial charge in [-0.25, -0.2) is 13.1 Å². The molecule has 0 unspecified atom stereocenters. The normalized spacial score (nSPS) is 12.4. The second kappa shape index (κ2) is 8.07. The number of sulfonamides is 1. The fourth-order valence-electron chi connectivity index (χ4n) is 3.79. The molecule has 0 fully saturated rings. The number of furan rings is 1. The first kappa shape index (κ1) is 22.0. The van der Waals surface area contributed by atoms with E-state index in [4.69, 9.17) is 4.42 Å². The van der Waals surface area contributed by atoms with Crippen LogP contribution in [-0.4, -0.2) is 19.7 Å². The SMILES string of the molecule is CC(C)(C)c1cc(-c2ccc[nH]c2=O)cc2c(-c3cccc(CNS(C)(=O)=O)c3)coc12. The molecule has 0 saturated heterocycles. The monoisotopic (exact) mass is 450 g/mol. The predicted molar refractivity (Wildman–Crippen MR) is 128 cm³/mol. The minimum atomic E-state index is -3.29. The molecule has 32 heavy (non-hydrogen) atoms. The molecular formula is C25H26N2O4S. The third-order valence-corrected chi connectivity index (χ3v) is 6.06. The van der Waals surface area contributed by atoms with Gasteiger partial charge in [0.15, 0.2) is 0 Å². The van der Waals surface area contributed by atoms with Gasteiger partial charge in [-0.15, -0.1) is 0 Å². The Bertz CT molecular complexity index is 1460. The fraction of sp³-hybridized carbons (Fsp3) is 0.240. The Labute approximate surface area is 187 Å². The Morgan fingerprint density at radius 1 is 1.00 bits per heavy atom. The van der Waals surface area contributed by atoms with E-state index < -0.39 is 10.0 Å². The molecule has 166 valence electrons. The maximum Gasteiger partial charge on any atom is 0.255 e. The minimum Gasteiger partial charge on any atom is -0.463 e. The van der Waals surface area contributed by atoms with Gasteiger partial charge in [-0.05, 0) is 52.4 Å². The summed E-state index contributed by atoms with van der Waals surface area (Å²) in [5.41, 5.74) is 5.50. The van der Waals surface area contributed by atoms with Gasteiger partial charge >= 0.3 is 0 Å². The Hall–Kier alpha value is -3.16. The molecule has 0 bridgehead atoms. The first-order valence-corrected chi connectivity index (χ1v) is 12.2. The van der Waals surface area contributed by atoms with Crippen LogP contribution >= 0.6 is 0 Å². The Balaban J connectivity index is 1.90. The van der Waals surface area contributed by atoms with E-state index in [1.165, 1.54) is 0 Å². The molecule has 4 aromatic rings. The molecule has 0 spiro atoms. The van der Waals surface area contributed by atoms with Crippen molar-refractivity contribution < 1.29 is 12.8 Å². The number of aromatic amines is 1. The van der Waals surface area contributed by atoms with E-state index in [2.05, 4.69) is 30.5 Å². The molecular weight excluding hydrogens is 424 g/mol. The summed E-state index contributed by atoms with van der Waals surface area (Å²) in [4.78, 5) is 15.2. The summed E-state index contributed by atoms with van der Waals surface area (Å²) in [5.74, 6) is 0. The van der Waals surface area contributed by atoms with Crippen LogP contribution < -0.4 is 10.3 Å². The van der Waals surface area contributed by atoms with E-state index in [1.807, 2.05) is 48.5 Å². The zero-order valence-corrected chi connectivity index (χ0v) is 19.3. The van der Waals surface area contributed by atoms with Crippen LogP contribution in [0.25, 0.3) is 33.2 Å². The van der Waals surface area contributed by atoms with Gasteiger partial charge in [-0.2, -0.15) is 0 Å². The largest absolute Gasteiger partial charge is 0.463 e. The van der Waals surface area contributed by atoms with Gasteiger partial charge in [0, 0.05) is 34.8 Å². The topological polar surface area (TPSA) is 92.2 Å². The highest BCUT2D eigenvalue weighted by Crippen LogP contribution is 2.39. The molecule has 0 radical (unpaired) electrons. The lowest BCUT2D eigenvalue weighted by molar-refractivity contribution is 0.559. The van der Waals surface area contributed by atoms with Crippen LogP contribution in [0.2, 0.25) is 0 Å². The third kappa shape index (κ3) is 4.54. The first-order valence-electron chi connectivity index (χ1n) is 10.3. The summed E-state index contributed by atoms with van der Waals surface area (Å²) in [7, 11) is -3.29. The van der Waals surface area contributed by atoms with Crippen LogP contribution in [0.5, 0.6) is 0 Å². The number of rotatable bonds is 5. The number of pyridine rings is 1. The molecule has 2 aromatic heterocycles. The number of aromatic nitrogens is 1. The lowest BCUT2D eigenvalue weighted by Crippen LogP contribution is -2.21. The third-order valence-electron chi connectivity index (χ3n) is 5.39. The quantitative estimate of drug-likeness (QED) is 0.457. The number of fused-ring (bicyclic) bond motifs is 1. The van der Waals surface area contributed by atoms with Gasteiger partial charge in [-0.1, -0.05) is 39.0 Å². The summed E-state index contributed by atoms with van der Waals surface area (Å²) in [6.07, 6.45) is 4.48. The second-order valence-corrected chi connectivity index (χ2v) is 10.8. The number of nitrogens with one attached hydrogen (secondary N) is 2. The average molecular weight is 451 g/mol. The second-order valence-electron chi connectivity index (χ2n) is 9.01. The van der Waals surface area contributed by atoms with Gasteiger partial charge in [0.2, 0.25) is 10.0 Å². The first-order chi connectivity index (χ1) is 15.0. The lowest BCUT2D eigenvalue weighted by Gasteiger charge is -2.20. The minimum absolute atomic E-state index is 0.148. The summed E-state index contributed by atoms with van der Waals surface area (Å²) >= 11 is 0. The van der Waals surface area contributed by atoms with E-state index in [-0.39, 0.29) is 17.5 Å². The summed E-state index contributed by atoms with van der Waals surface area (Å²) in [6, 6.07) is 15.3. The highest BCUT2D eigenvalue weighted by Gasteiger charge is 2.23. The molecule has 7 heteroatoms. The van der Waals surface area contributed by atoms with Crippen molar-refractivity contribution in [2.75, 3.05) is 6.26 Å². The summed E-state index contributed by atoms with van der Waals surface area (Å²) < 4.78 is 31.5. The van der Waals surface area contributed by atoms with E-state index in [0.717, 1.165) is 45.0 Å². The van der Waals surface area contributed by atoms with Crippen molar-refractivity contribution in [1.29, 1.82) is 0 Å². The van der Waals surface area contributed by atoms with Crippen molar-refractivity contribution in [3.63, 3.8) is 0 Å². The van der Waals surface area contributed by atoms with E-state index in [9.17, 15) is 13.2 Å². The van der Waals surface area contributed by atoms with Gasteiger partial charge in [-0.3, -0.25) is 4.79 Å². The molecule has 0 aliphatic carbocycles. The number of hydrogen-bond acceptors (Lipinski definition) is 4. The summed E-state index contributed by atoms with van der Waals surface area (Å²) in [6.45, 7) is 6.54. The standard InChI is InChI=1S/C25H26N2O4S/c1-25(2,3)22-13-18(19-9-6-10-26-24(19)28)12-20-21(15-31-23(20)22)17-8-5-7-16(11-17)14-27-32(4,29)30/h5-13,15,27H,14H2,1-4H3,(H,26,28). The van der Waals surface area contributed by atoms with Crippen molar-refractivity contribution in [2.24, 2.45) is 0 Å². The van der Waals surface area contributed by atoms with Crippen molar-refractivity contribution in [2.45, 2.75) is 32.7 Å². The average Bonchev–Trinajstić information content (AvgIpc) is 3.15. The highest BCUT2D eigenvalue weighted by molar-refractivity contribution is 7.88. The lowest BCUT2D eigenvalue weighted by atomic mass is 9.83. The number of benzene rings is 2. The Morgan fingerprint density at radius 3 is 2.47 bits per heavy atom. The molecule has 2 heterocycles. The van der Waals surface area contributed by atoms with Gasteiger partial charge in [0.25, 0.3) is 5.56 Å². The molecule has 0 aliphatic rings. The highest BCUT2D eigenvalue weighted by atomic mass is 32.2. The molecule has 0 aliphatic heterocycles. The van der Waals surface area contributed by atoms with Crippen LogP contribution in [0.4, 0.5) is 0 Å². The molecule has 4 rings (SSSR count). The molecule has 0 amide bonds. The maximum absolute atomic E-state index is 12.5. The number of hydrogen-bond donors (Lipinski definition) is 2. The van der Waals surface area contributed by atoms with Crippen LogP contribution in [0.1, 0.15) is 31.9 Å². The van der Waals surface area contributed by atoms with Gasteiger partial charge < -0.3 is 9.40 Å². The van der Waals surface area contributed by atoms with E-state index >= 15 is 0 Å². The maximum atomic E-state index is 12.5. The number of H-pyrrole nitrogens is 1. The van der Waals surface area contributed by atoms with Crippen LogP contribution in [0.15, 0.2) is 70.2 Å². The van der Waals surface area contributed by atoms with E-state index in [0.29, 0.717) is 5.56 Å². The van der Waals surface area contributed by atoms with Gasteiger partial charge in [0.1, 0.15) is 5.58 Å². The van der Waals surface area contributed by atoms with Gasteiger partial charge in [0.05, 0.1) is 12.5 Å². The fourth-order valence-corrected chi connectivity index (χ4v) is 4.21. The van der Waals surface area contributed by atoms with Crippen LogP contribution in [0.3, 0.4) is 0 Å². The molecule has 0 atom stereocenters. The smallest absolute Gasteiger partial charge is 0.255 e. The van der Waals surface area contributed by atoms with Crippen molar-refractivity contribution in [3.8, 4) is 22.3 Å². The molecule has 2 N–H and O–H groups in total. The Morgan fingerprint density at radius 2 is 1.78 bits per heavy atom. The summed E-state index contributed by atoms with van der Waals surface area (Å²) in [5, 5.41) is 0.906.